The molecule has 0 aliphatic carbocycles. The SMILES string of the molecule is CC(=O)OC(=O)CCCCCCCCC(=O)OC(C)=O.COCN.COCNC(=O)CC(CC(=O)NCOC)(OC(=O)CCCCCCCCC(=O)OC(C)=O)C(=O)NCOC.COCNC(=O)CC(O)(CC(=O)NCOC)C(=O)NCOC.COCNC(=O)CC(O)(CC(=O)NCOC)C(=O)NCOC.O=C(O)CC(O)(CC(=O)O)C(=O)O.[2H]C#C. The fourth-order valence-corrected chi connectivity index (χ4v) is 8.67. The van der Waals surface area contributed by atoms with Gasteiger partial charge in [-0.1, -0.05) is 51.4 Å². The van der Waals surface area contributed by atoms with Crippen molar-refractivity contribution in [2.45, 2.75) is 197 Å². The summed E-state index contributed by atoms with van der Waals surface area (Å²) in [6.07, 6.45) is 9.57. The maximum atomic E-state index is 13.0. The van der Waals surface area contributed by atoms with Crippen LogP contribution in [0.4, 0.5) is 0 Å². The minimum absolute atomic E-state index is 0.0381. The monoisotopic (exact) mass is 1760 g/mol. The van der Waals surface area contributed by atoms with Crippen LogP contribution in [0.25, 0.3) is 0 Å². The van der Waals surface area contributed by atoms with Gasteiger partial charge >= 0.3 is 59.7 Å². The van der Waals surface area contributed by atoms with Gasteiger partial charge in [-0.25, -0.2) is 4.79 Å². The average molecular weight is 1760 g/mol. The van der Waals surface area contributed by atoms with Crippen molar-refractivity contribution in [2.75, 3.05) is 138 Å². The van der Waals surface area contributed by atoms with Gasteiger partial charge in [0.2, 0.25) is 41.0 Å². The van der Waals surface area contributed by atoms with E-state index in [2.05, 4.69) is 102 Å². The van der Waals surface area contributed by atoms with Crippen LogP contribution in [0.2, 0.25) is 0 Å². The molecular weight excluding hydrogens is 1630 g/mol. The molecule has 0 aromatic carbocycles. The van der Waals surface area contributed by atoms with E-state index in [0.29, 0.717) is 38.8 Å². The number of esters is 7. The molecule has 49 heteroatoms. The van der Waals surface area contributed by atoms with Gasteiger partial charge in [0.25, 0.3) is 17.7 Å². The van der Waals surface area contributed by atoms with Gasteiger partial charge in [0.1, 0.15) is 61.9 Å². The number of terminal acetylenes is 1. The first-order valence-corrected chi connectivity index (χ1v) is 36.5. The lowest BCUT2D eigenvalue weighted by Crippen LogP contribution is -2.55. The van der Waals surface area contributed by atoms with Crippen LogP contribution in [0.15, 0.2) is 0 Å². The molecule has 0 rings (SSSR count). The first-order chi connectivity index (χ1) is 57.4. The number of hydrogen-bond acceptors (Lipinski definition) is 37. The quantitative estimate of drug-likeness (QED) is 0.00704. The molecule has 0 aliphatic rings. The summed E-state index contributed by atoms with van der Waals surface area (Å²) in [7, 11) is 13.8. The van der Waals surface area contributed by atoms with E-state index in [4.69, 9.17) is 46.5 Å². The van der Waals surface area contributed by atoms with Crippen molar-refractivity contribution in [1.29, 1.82) is 0 Å². The molecule has 17 N–H and O–H groups in total. The summed E-state index contributed by atoms with van der Waals surface area (Å²) in [5.41, 5.74) is -4.49. The second kappa shape index (κ2) is 79.3. The van der Waals surface area contributed by atoms with Crippen LogP contribution in [-0.4, -0.2) is 304 Å². The summed E-state index contributed by atoms with van der Waals surface area (Å²) in [6.45, 7) is 2.73. The molecule has 0 unspecified atom stereocenters. The van der Waals surface area contributed by atoms with Crippen molar-refractivity contribution in [3.63, 3.8) is 0 Å². The number of aliphatic hydroxyl groups is 3. The Morgan fingerprint density at radius 3 is 0.702 bits per heavy atom. The minimum Gasteiger partial charge on any atom is -0.481 e. The van der Waals surface area contributed by atoms with Gasteiger partial charge in [0.15, 0.2) is 16.8 Å². The van der Waals surface area contributed by atoms with Gasteiger partial charge in [0.05, 0.1) is 58.1 Å². The van der Waals surface area contributed by atoms with Crippen molar-refractivity contribution < 1.29 is 189 Å². The number of ether oxygens (including phenoxy) is 14. The topological polar surface area (TPSA) is 709 Å². The van der Waals surface area contributed by atoms with E-state index >= 15 is 0 Å². The molecule has 0 heterocycles. The average Bonchev–Trinajstić information content (AvgIpc) is 0.775. The molecule has 0 radical (unpaired) electrons. The van der Waals surface area contributed by atoms with E-state index in [9.17, 15) is 101 Å². The first-order valence-electron chi connectivity index (χ1n) is 37.0. The fourth-order valence-electron chi connectivity index (χ4n) is 8.67. The normalized spacial score (nSPS) is 10.5. The van der Waals surface area contributed by atoms with Crippen LogP contribution in [0, 0.1) is 12.8 Å². The van der Waals surface area contributed by atoms with Crippen LogP contribution in [0.5, 0.6) is 0 Å². The molecule has 0 saturated heterocycles. The van der Waals surface area contributed by atoms with Gasteiger partial charge in [-0.05, 0) is 25.7 Å². The van der Waals surface area contributed by atoms with E-state index in [1.165, 1.54) is 91.2 Å². The molecule has 0 atom stereocenters. The Kier molecular flexibility index (Phi) is 79.6. The number of carboxylic acid groups (broad SMARTS) is 3. The maximum absolute atomic E-state index is 13.0. The summed E-state index contributed by atoms with van der Waals surface area (Å²) < 4.78 is 71.2. The maximum Gasteiger partial charge on any atom is 0.336 e. The Labute approximate surface area is 702 Å². The van der Waals surface area contributed by atoms with Crippen LogP contribution in [0.1, 0.15) is 176 Å². The van der Waals surface area contributed by atoms with Gasteiger partial charge < -0.3 is 151 Å². The number of nitrogens with one attached hydrogen (secondary N) is 9. The number of carboxylic acids is 3. The molecule has 0 aromatic rings. The van der Waals surface area contributed by atoms with Gasteiger partial charge in [0, 0.05) is 118 Å². The molecule has 0 spiro atoms. The standard InChI is InChI=1S/C24H41N3O11.C14H22O6.2C12H23N3O7.C6H8O7.C2H7NO.C2H2/c1-18(28)37-21(31)11-9-7-5-6-8-10-12-22(32)38-24(23(33)27-17-36-4,13-19(29)25-15-34-2)14-20(30)26-16-35-3;1-11(15)19-13(17)9-7-5-3-4-6-8-10-14(18)20-12(2)16;2*1-20-6-13-9(16)4-12(19,11(18)15-8-22-3)5-10(17)14-7-21-2;7-3(8)1-6(13,5(11)12)2-4(9)10;1-4-2-3;1-2/h5-17H2,1-4H3,(H,25,29)(H,26,30)(H,27,33);3-10H2,1-2H3;2*19H,4-8H2,1-3H3,(H,13,16)(H,14,17)(H,15,18);13H,1-2H2,(H,7,8)(H,9,10)(H,11,12);2-3H2,1H3;1-2H/i;;;;;;1D. The van der Waals surface area contributed by atoms with Gasteiger partial charge in [-0.3, -0.25) is 86.3 Å². The van der Waals surface area contributed by atoms with Crippen LogP contribution < -0.4 is 53.6 Å². The first kappa shape index (κ1) is 121. The minimum atomic E-state index is -2.74. The largest absolute Gasteiger partial charge is 0.481 e. The third-order valence-corrected chi connectivity index (χ3v) is 14.1. The van der Waals surface area contributed by atoms with Crippen molar-refractivity contribution in [3.05, 3.63) is 0 Å². The molecule has 9 amide bonds. The van der Waals surface area contributed by atoms with Crippen LogP contribution in [0.3, 0.4) is 0 Å². The molecular formula is C72H126N10O39. The highest BCUT2D eigenvalue weighted by Gasteiger charge is 2.47. The lowest BCUT2D eigenvalue weighted by atomic mass is 9.92. The molecule has 0 bridgehead atoms. The number of hydrogen-bond donors (Lipinski definition) is 16. The molecule has 0 saturated carbocycles. The lowest BCUT2D eigenvalue weighted by Gasteiger charge is -2.31. The van der Waals surface area contributed by atoms with E-state index in [0.717, 1.165) is 44.9 Å². The number of methoxy groups -OCH3 is 10. The second-order valence-electron chi connectivity index (χ2n) is 24.7. The number of nitrogens with two attached hydrogens (primary N) is 1. The van der Waals surface area contributed by atoms with Gasteiger partial charge in [-0.2, -0.15) is 0 Å². The summed E-state index contributed by atoms with van der Waals surface area (Å²) in [6, 6.07) is 0. The predicted octanol–water partition coefficient (Wildman–Crippen LogP) is -3.43. The number of carbonyl (C=O) groups excluding carboxylic acids is 16. The van der Waals surface area contributed by atoms with E-state index in [-0.39, 0.29) is 86.3 Å². The van der Waals surface area contributed by atoms with Crippen molar-refractivity contribution in [2.24, 2.45) is 5.73 Å². The lowest BCUT2D eigenvalue weighted by molar-refractivity contribution is -0.174. The summed E-state index contributed by atoms with van der Waals surface area (Å²) in [5.74, 6) is -15.6. The summed E-state index contributed by atoms with van der Waals surface area (Å²) in [4.78, 5) is 217. The Bertz CT molecular complexity index is 2960. The second-order valence-corrected chi connectivity index (χ2v) is 24.7. The zero-order valence-electron chi connectivity index (χ0n) is 71.9. The van der Waals surface area contributed by atoms with Gasteiger partial charge in [-0.15, -0.1) is 12.8 Å². The Morgan fingerprint density at radius 1 is 0.306 bits per heavy atom. The highest BCUT2D eigenvalue weighted by Crippen LogP contribution is 2.25. The van der Waals surface area contributed by atoms with E-state index in [1.807, 2.05) is 0 Å². The number of rotatable bonds is 58. The summed E-state index contributed by atoms with van der Waals surface area (Å²) in [5, 5.41) is 75.6. The third-order valence-electron chi connectivity index (χ3n) is 14.1. The Morgan fingerprint density at radius 2 is 0.504 bits per heavy atom. The molecule has 698 valence electrons. The Hall–Kier alpha value is -10.5. The highest BCUT2D eigenvalue weighted by atomic mass is 16.6. The smallest absolute Gasteiger partial charge is 0.336 e. The fraction of sp³-hybridized carbons (Fsp3) is 0.708. The molecule has 0 aliphatic heterocycles. The van der Waals surface area contributed by atoms with E-state index in [1.54, 1.807) is 7.11 Å². The zero-order valence-corrected chi connectivity index (χ0v) is 70.9. The van der Waals surface area contributed by atoms with E-state index < -0.39 is 187 Å². The van der Waals surface area contributed by atoms with Crippen LogP contribution in [-0.2, 0) is 157 Å². The number of amides is 9. The van der Waals surface area contributed by atoms with Crippen LogP contribution >= 0.6 is 0 Å². The number of carbonyl (C=O) groups is 19. The predicted molar refractivity (Wildman–Crippen MR) is 414 cm³/mol. The van der Waals surface area contributed by atoms with Crippen molar-refractivity contribution in [3.8, 4) is 12.8 Å². The molecule has 0 fully saturated rings. The zero-order chi connectivity index (χ0) is 95.0. The van der Waals surface area contributed by atoms with Crippen molar-refractivity contribution in [1.82, 2.24) is 47.9 Å². The number of unbranched alkanes of at least 4 members (excludes halogenated alkanes) is 10. The molecule has 0 aromatic heterocycles. The Balaban J connectivity index is -0.000000276. The molecule has 49 nitrogen and oxygen atoms in total. The summed E-state index contributed by atoms with van der Waals surface area (Å²) >= 11 is 0. The molecule has 121 heavy (non-hydrogen) atoms. The van der Waals surface area contributed by atoms with Crippen molar-refractivity contribution >= 4 is 113 Å². The number of aliphatic carboxylic acids is 3. The third kappa shape index (κ3) is 75.5. The highest BCUT2D eigenvalue weighted by molar-refractivity contribution is 5.98.